The molecule has 3 rings (SSSR count). The predicted octanol–water partition coefficient (Wildman–Crippen LogP) is 1.59. The zero-order chi connectivity index (χ0) is 21.6. The van der Waals surface area contributed by atoms with E-state index < -0.39 is 0 Å². The molecule has 1 saturated heterocycles. The lowest BCUT2D eigenvalue weighted by molar-refractivity contribution is -0.122. The van der Waals surface area contributed by atoms with Gasteiger partial charge >= 0.3 is 6.03 Å². The van der Waals surface area contributed by atoms with Gasteiger partial charge in [-0.1, -0.05) is 26.8 Å². The number of nitrogens with one attached hydrogen (secondary N) is 2. The monoisotopic (exact) mass is 418 g/mol. The minimum atomic E-state index is -0.245. The fourth-order valence-corrected chi connectivity index (χ4v) is 3.61. The highest BCUT2D eigenvalue weighted by molar-refractivity contribution is 5.78. The summed E-state index contributed by atoms with van der Waals surface area (Å²) in [5.74, 6) is 1.58. The van der Waals surface area contributed by atoms with Gasteiger partial charge in [-0.05, 0) is 24.1 Å². The molecular weight excluding hydrogens is 384 g/mol. The van der Waals surface area contributed by atoms with Crippen molar-refractivity contribution in [2.75, 3.05) is 59.0 Å². The number of carbonyl (C=O) groups excluding carboxylic acids is 2. The van der Waals surface area contributed by atoms with Gasteiger partial charge in [0.05, 0.1) is 6.54 Å². The fraction of sp³-hybridized carbons (Fsp3) is 0.636. The van der Waals surface area contributed by atoms with Gasteiger partial charge in [-0.2, -0.15) is 0 Å². The number of nitrogens with zero attached hydrogens (tertiary/aromatic N) is 2. The molecule has 166 valence electrons. The van der Waals surface area contributed by atoms with Crippen LogP contribution in [0.3, 0.4) is 0 Å². The molecule has 1 fully saturated rings. The largest absolute Gasteiger partial charge is 0.486 e. The van der Waals surface area contributed by atoms with Gasteiger partial charge in [-0.15, -0.1) is 0 Å². The van der Waals surface area contributed by atoms with Crippen molar-refractivity contribution in [2.24, 2.45) is 0 Å². The molecule has 0 aromatic heterocycles. The molecule has 8 nitrogen and oxygen atoms in total. The van der Waals surface area contributed by atoms with Crippen LogP contribution in [0.25, 0.3) is 0 Å². The van der Waals surface area contributed by atoms with Gasteiger partial charge in [0.1, 0.15) is 13.2 Å². The van der Waals surface area contributed by atoms with Crippen LogP contribution in [-0.2, 0) is 10.2 Å². The minimum Gasteiger partial charge on any atom is -0.486 e. The number of carbonyl (C=O) groups is 2. The van der Waals surface area contributed by atoms with Crippen LogP contribution in [0, 0.1) is 0 Å². The van der Waals surface area contributed by atoms with Crippen LogP contribution in [0.5, 0.6) is 11.5 Å². The summed E-state index contributed by atoms with van der Waals surface area (Å²) in [5.41, 5.74) is 0.847. The summed E-state index contributed by atoms with van der Waals surface area (Å²) in [6, 6.07) is 5.91. The fourth-order valence-electron chi connectivity index (χ4n) is 3.61. The number of amides is 3. The Balaban J connectivity index is 1.45. The van der Waals surface area contributed by atoms with E-state index in [4.69, 9.17) is 9.47 Å². The van der Waals surface area contributed by atoms with E-state index in [1.165, 1.54) is 0 Å². The number of piperazine rings is 1. The van der Waals surface area contributed by atoms with Crippen molar-refractivity contribution in [3.63, 3.8) is 0 Å². The first-order valence-electron chi connectivity index (χ1n) is 10.8. The Kier molecular flexibility index (Phi) is 7.42. The lowest BCUT2D eigenvalue weighted by atomic mass is 9.84. The first kappa shape index (κ1) is 22.2. The maximum absolute atomic E-state index is 12.7. The quantitative estimate of drug-likeness (QED) is 0.703. The van der Waals surface area contributed by atoms with Crippen molar-refractivity contribution in [1.29, 1.82) is 0 Å². The molecule has 0 atom stereocenters. The molecule has 2 aliphatic rings. The molecule has 0 spiro atoms. The molecule has 0 radical (unpaired) electrons. The zero-order valence-electron chi connectivity index (χ0n) is 18.3. The SMILES string of the molecule is CCCNC(=O)CN1CCN(C(=O)NCC(C)(C)c2ccc3c(c2)OCCO3)CC1. The van der Waals surface area contributed by atoms with E-state index in [1.54, 1.807) is 0 Å². The first-order chi connectivity index (χ1) is 14.4. The second-order valence-corrected chi connectivity index (χ2v) is 8.51. The molecule has 1 aromatic carbocycles. The first-order valence-corrected chi connectivity index (χ1v) is 10.8. The molecule has 0 unspecified atom stereocenters. The van der Waals surface area contributed by atoms with Crippen LogP contribution in [0.15, 0.2) is 18.2 Å². The van der Waals surface area contributed by atoms with E-state index in [0.29, 0.717) is 59.0 Å². The Morgan fingerprint density at radius 3 is 2.43 bits per heavy atom. The van der Waals surface area contributed by atoms with Crippen molar-refractivity contribution in [1.82, 2.24) is 20.4 Å². The summed E-state index contributed by atoms with van der Waals surface area (Å²) in [6.45, 7) is 11.6. The Morgan fingerprint density at radius 1 is 1.03 bits per heavy atom. The van der Waals surface area contributed by atoms with Crippen molar-refractivity contribution in [2.45, 2.75) is 32.6 Å². The molecule has 30 heavy (non-hydrogen) atoms. The highest BCUT2D eigenvalue weighted by Crippen LogP contribution is 2.34. The number of hydrogen-bond acceptors (Lipinski definition) is 5. The summed E-state index contributed by atoms with van der Waals surface area (Å²) < 4.78 is 11.3. The highest BCUT2D eigenvalue weighted by Gasteiger charge is 2.27. The summed E-state index contributed by atoms with van der Waals surface area (Å²) in [6.07, 6.45) is 0.933. The molecule has 0 aliphatic carbocycles. The Hall–Kier alpha value is -2.48. The number of fused-ring (bicyclic) bond motifs is 1. The molecule has 3 amide bonds. The molecule has 0 bridgehead atoms. The number of urea groups is 1. The number of hydrogen-bond donors (Lipinski definition) is 2. The van der Waals surface area contributed by atoms with E-state index in [9.17, 15) is 9.59 Å². The average molecular weight is 419 g/mol. The van der Waals surface area contributed by atoms with E-state index in [2.05, 4.69) is 29.4 Å². The van der Waals surface area contributed by atoms with Gasteiger partial charge in [0, 0.05) is 44.7 Å². The lowest BCUT2D eigenvalue weighted by Gasteiger charge is -2.35. The summed E-state index contributed by atoms with van der Waals surface area (Å²) in [4.78, 5) is 28.4. The van der Waals surface area contributed by atoms with Gasteiger partial charge in [-0.25, -0.2) is 4.79 Å². The van der Waals surface area contributed by atoms with E-state index in [-0.39, 0.29) is 17.4 Å². The van der Waals surface area contributed by atoms with Crippen LogP contribution in [0.4, 0.5) is 4.79 Å². The highest BCUT2D eigenvalue weighted by atomic mass is 16.6. The van der Waals surface area contributed by atoms with Crippen molar-refractivity contribution in [3.05, 3.63) is 23.8 Å². The van der Waals surface area contributed by atoms with E-state index >= 15 is 0 Å². The van der Waals surface area contributed by atoms with E-state index in [1.807, 2.05) is 30.0 Å². The second-order valence-electron chi connectivity index (χ2n) is 8.51. The molecule has 2 N–H and O–H groups in total. The normalized spacial score (nSPS) is 16.8. The maximum atomic E-state index is 12.7. The standard InChI is InChI=1S/C22H34N4O4/c1-4-7-23-20(27)15-25-8-10-26(11-9-25)21(28)24-16-22(2,3)17-5-6-18-19(14-17)30-13-12-29-18/h5-6,14H,4,7-13,15-16H2,1-3H3,(H,23,27)(H,24,28). The summed E-state index contributed by atoms with van der Waals surface area (Å²) in [7, 11) is 0. The average Bonchev–Trinajstić information content (AvgIpc) is 2.76. The number of benzene rings is 1. The lowest BCUT2D eigenvalue weighted by Crippen LogP contribution is -2.54. The Morgan fingerprint density at radius 2 is 1.73 bits per heavy atom. The van der Waals surface area contributed by atoms with Crippen LogP contribution >= 0.6 is 0 Å². The third kappa shape index (κ3) is 5.78. The molecule has 0 saturated carbocycles. The summed E-state index contributed by atoms with van der Waals surface area (Å²) in [5, 5.41) is 5.97. The topological polar surface area (TPSA) is 83.1 Å². The van der Waals surface area contributed by atoms with Crippen molar-refractivity contribution >= 4 is 11.9 Å². The van der Waals surface area contributed by atoms with Gasteiger partial charge in [-0.3, -0.25) is 9.69 Å². The van der Waals surface area contributed by atoms with Gasteiger partial charge in [0.25, 0.3) is 0 Å². The Labute approximate surface area is 178 Å². The van der Waals surface area contributed by atoms with Gasteiger partial charge in [0.2, 0.25) is 5.91 Å². The number of ether oxygens (including phenoxy) is 2. The molecular formula is C22H34N4O4. The number of rotatable bonds is 7. The molecule has 2 heterocycles. The smallest absolute Gasteiger partial charge is 0.317 e. The van der Waals surface area contributed by atoms with Gasteiger partial charge < -0.3 is 25.0 Å². The maximum Gasteiger partial charge on any atom is 0.317 e. The van der Waals surface area contributed by atoms with E-state index in [0.717, 1.165) is 23.5 Å². The molecule has 1 aromatic rings. The van der Waals surface area contributed by atoms with Crippen LogP contribution in [-0.4, -0.2) is 80.8 Å². The zero-order valence-corrected chi connectivity index (χ0v) is 18.3. The molecule has 8 heteroatoms. The van der Waals surface area contributed by atoms with Crippen molar-refractivity contribution < 1.29 is 19.1 Å². The predicted molar refractivity (Wildman–Crippen MR) is 115 cm³/mol. The van der Waals surface area contributed by atoms with Crippen molar-refractivity contribution in [3.8, 4) is 11.5 Å². The van der Waals surface area contributed by atoms with Crippen LogP contribution in [0.1, 0.15) is 32.8 Å². The van der Waals surface area contributed by atoms with Gasteiger partial charge in [0.15, 0.2) is 11.5 Å². The minimum absolute atomic E-state index is 0.0518. The van der Waals surface area contributed by atoms with Crippen LogP contribution < -0.4 is 20.1 Å². The Bertz CT molecular complexity index is 745. The third-order valence-corrected chi connectivity index (χ3v) is 5.60. The second kappa shape index (κ2) is 10.0. The third-order valence-electron chi connectivity index (χ3n) is 5.60. The van der Waals surface area contributed by atoms with Crippen LogP contribution in [0.2, 0.25) is 0 Å². The molecule has 2 aliphatic heterocycles. The summed E-state index contributed by atoms with van der Waals surface area (Å²) >= 11 is 0.